The van der Waals surface area contributed by atoms with Crippen LogP contribution in [0.2, 0.25) is 0 Å². The zero-order chi connectivity index (χ0) is 13.3. The lowest BCUT2D eigenvalue weighted by molar-refractivity contribution is 0.622. The van der Waals surface area contributed by atoms with E-state index in [4.69, 9.17) is 5.73 Å². The highest BCUT2D eigenvalue weighted by Crippen LogP contribution is 2.27. The van der Waals surface area contributed by atoms with Gasteiger partial charge in [-0.05, 0) is 53.9 Å². The van der Waals surface area contributed by atoms with Crippen LogP contribution in [0.15, 0.2) is 45.3 Å². The molecule has 1 nitrogen and oxygen atoms in total. The molecule has 0 fully saturated rings. The molecule has 0 amide bonds. The molecular weight excluding hydrogens is 361 g/mol. The van der Waals surface area contributed by atoms with Crippen molar-refractivity contribution in [2.75, 3.05) is 0 Å². The van der Waals surface area contributed by atoms with Gasteiger partial charge >= 0.3 is 0 Å². The normalized spacial score (nSPS) is 12.5. The molecule has 0 aliphatic carbocycles. The van der Waals surface area contributed by atoms with Gasteiger partial charge in [0.15, 0.2) is 0 Å². The van der Waals surface area contributed by atoms with Crippen molar-refractivity contribution in [1.29, 1.82) is 0 Å². The van der Waals surface area contributed by atoms with Crippen LogP contribution >= 0.6 is 31.9 Å². The van der Waals surface area contributed by atoms with Crippen molar-refractivity contribution in [1.82, 2.24) is 0 Å². The van der Waals surface area contributed by atoms with Gasteiger partial charge in [-0.2, -0.15) is 0 Å². The van der Waals surface area contributed by atoms with E-state index in [9.17, 15) is 4.39 Å². The first-order valence-electron chi connectivity index (χ1n) is 5.44. The average molecular weight is 373 g/mol. The van der Waals surface area contributed by atoms with E-state index in [0.29, 0.717) is 0 Å². The molecule has 0 saturated carbocycles. The summed E-state index contributed by atoms with van der Waals surface area (Å²) >= 11 is 6.85. The number of hydrogen-bond donors (Lipinski definition) is 1. The van der Waals surface area contributed by atoms with Crippen LogP contribution in [0.1, 0.15) is 22.7 Å². The smallest absolute Gasteiger partial charge is 0.123 e. The first-order chi connectivity index (χ1) is 8.45. The Balaban J connectivity index is 2.43. The predicted molar refractivity (Wildman–Crippen MR) is 79.0 cm³/mol. The predicted octanol–water partition coefficient (Wildman–Crippen LogP) is 4.71. The molecule has 0 aromatic heterocycles. The average Bonchev–Trinajstić information content (AvgIpc) is 2.25. The Hall–Kier alpha value is -0.710. The summed E-state index contributed by atoms with van der Waals surface area (Å²) in [4.78, 5) is 0. The van der Waals surface area contributed by atoms with Crippen LogP contribution in [0.5, 0.6) is 0 Å². The monoisotopic (exact) mass is 371 g/mol. The highest BCUT2D eigenvalue weighted by molar-refractivity contribution is 9.11. The highest BCUT2D eigenvalue weighted by atomic mass is 79.9. The number of benzene rings is 2. The van der Waals surface area contributed by atoms with Crippen LogP contribution in [0.3, 0.4) is 0 Å². The molecule has 18 heavy (non-hydrogen) atoms. The van der Waals surface area contributed by atoms with Gasteiger partial charge in [0.2, 0.25) is 0 Å². The zero-order valence-corrected chi connectivity index (χ0v) is 12.9. The summed E-state index contributed by atoms with van der Waals surface area (Å²) in [5, 5.41) is 0. The molecule has 1 atom stereocenters. The van der Waals surface area contributed by atoms with Gasteiger partial charge in [-0.1, -0.05) is 37.9 Å². The maximum Gasteiger partial charge on any atom is 0.123 e. The van der Waals surface area contributed by atoms with E-state index in [1.54, 1.807) is 0 Å². The fraction of sp³-hybridized carbons (Fsp3) is 0.143. The molecule has 2 aromatic carbocycles. The van der Waals surface area contributed by atoms with Gasteiger partial charge in [0.25, 0.3) is 0 Å². The second-order valence-corrected chi connectivity index (χ2v) is 6.07. The molecule has 2 aromatic rings. The fourth-order valence-electron chi connectivity index (χ4n) is 1.89. The summed E-state index contributed by atoms with van der Waals surface area (Å²) in [6, 6.07) is 10.4. The van der Waals surface area contributed by atoms with Crippen LogP contribution in [-0.4, -0.2) is 0 Å². The Morgan fingerprint density at radius 2 is 1.50 bits per heavy atom. The molecular formula is C14H12Br2FN. The lowest BCUT2D eigenvalue weighted by Gasteiger charge is -2.14. The van der Waals surface area contributed by atoms with Crippen LogP contribution in [-0.2, 0) is 0 Å². The lowest BCUT2D eigenvalue weighted by atomic mass is 9.98. The minimum Gasteiger partial charge on any atom is -0.320 e. The SMILES string of the molecule is Cc1cc(F)cc(C(N)c2cc(Br)cc(Br)c2)c1. The van der Waals surface area contributed by atoms with Gasteiger partial charge in [-0.25, -0.2) is 4.39 Å². The van der Waals surface area contributed by atoms with E-state index in [1.807, 2.05) is 31.2 Å². The van der Waals surface area contributed by atoms with Crippen LogP contribution < -0.4 is 5.73 Å². The summed E-state index contributed by atoms with van der Waals surface area (Å²) in [5.74, 6) is -0.255. The first kappa shape index (κ1) is 13.7. The van der Waals surface area contributed by atoms with Crippen molar-refractivity contribution in [3.8, 4) is 0 Å². The molecule has 0 spiro atoms. The molecule has 2 N–H and O–H groups in total. The second kappa shape index (κ2) is 5.51. The number of nitrogens with two attached hydrogens (primary N) is 1. The lowest BCUT2D eigenvalue weighted by Crippen LogP contribution is -2.12. The molecule has 0 radical (unpaired) electrons. The Morgan fingerprint density at radius 1 is 0.944 bits per heavy atom. The van der Waals surface area contributed by atoms with E-state index >= 15 is 0 Å². The quantitative estimate of drug-likeness (QED) is 0.811. The summed E-state index contributed by atoms with van der Waals surface area (Å²) in [5.41, 5.74) is 8.76. The number of halogens is 3. The van der Waals surface area contributed by atoms with Crippen molar-refractivity contribution in [2.24, 2.45) is 5.73 Å². The molecule has 4 heteroatoms. The molecule has 0 aliphatic rings. The van der Waals surface area contributed by atoms with Crippen molar-refractivity contribution in [2.45, 2.75) is 13.0 Å². The van der Waals surface area contributed by atoms with Gasteiger partial charge in [0.05, 0.1) is 6.04 Å². The molecule has 2 rings (SSSR count). The van der Waals surface area contributed by atoms with Crippen molar-refractivity contribution < 1.29 is 4.39 Å². The summed E-state index contributed by atoms with van der Waals surface area (Å²) in [6.07, 6.45) is 0. The largest absolute Gasteiger partial charge is 0.320 e. The molecule has 0 saturated heterocycles. The Bertz CT molecular complexity index is 492. The highest BCUT2D eigenvalue weighted by Gasteiger charge is 2.11. The van der Waals surface area contributed by atoms with Gasteiger partial charge in [0, 0.05) is 8.95 Å². The van der Waals surface area contributed by atoms with Crippen molar-refractivity contribution >= 4 is 31.9 Å². The third-order valence-electron chi connectivity index (χ3n) is 2.67. The standard InChI is InChI=1S/C14H12Br2FN/c1-8-2-9(6-13(17)3-8)14(18)10-4-11(15)7-12(16)5-10/h2-7,14H,18H2,1H3. The van der Waals surface area contributed by atoms with E-state index in [0.717, 1.165) is 25.6 Å². The fourth-order valence-corrected chi connectivity index (χ4v) is 3.22. The minimum atomic E-state index is -0.340. The maximum atomic E-state index is 13.4. The molecule has 0 bridgehead atoms. The minimum absolute atomic E-state index is 0.255. The molecule has 0 aliphatic heterocycles. The summed E-state index contributed by atoms with van der Waals surface area (Å²) in [6.45, 7) is 1.86. The van der Waals surface area contributed by atoms with E-state index < -0.39 is 0 Å². The first-order valence-corrected chi connectivity index (χ1v) is 7.03. The van der Waals surface area contributed by atoms with Crippen LogP contribution in [0.25, 0.3) is 0 Å². The van der Waals surface area contributed by atoms with Crippen molar-refractivity contribution in [3.63, 3.8) is 0 Å². The second-order valence-electron chi connectivity index (χ2n) is 4.24. The van der Waals surface area contributed by atoms with Crippen LogP contribution in [0.4, 0.5) is 4.39 Å². The van der Waals surface area contributed by atoms with Crippen molar-refractivity contribution in [3.05, 3.63) is 67.9 Å². The van der Waals surface area contributed by atoms with E-state index in [1.165, 1.54) is 12.1 Å². The summed E-state index contributed by atoms with van der Waals surface area (Å²) in [7, 11) is 0. The third kappa shape index (κ3) is 3.19. The number of aryl methyl sites for hydroxylation is 1. The van der Waals surface area contributed by atoms with Gasteiger partial charge in [-0.3, -0.25) is 0 Å². The Kier molecular flexibility index (Phi) is 4.20. The molecule has 0 heterocycles. The van der Waals surface area contributed by atoms with E-state index in [-0.39, 0.29) is 11.9 Å². The summed E-state index contributed by atoms with van der Waals surface area (Å²) < 4.78 is 15.3. The van der Waals surface area contributed by atoms with Gasteiger partial charge < -0.3 is 5.73 Å². The Labute approximate surface area is 122 Å². The van der Waals surface area contributed by atoms with Crippen LogP contribution in [0, 0.1) is 12.7 Å². The molecule has 1 unspecified atom stereocenters. The maximum absolute atomic E-state index is 13.4. The third-order valence-corrected chi connectivity index (χ3v) is 3.58. The zero-order valence-electron chi connectivity index (χ0n) is 9.75. The van der Waals surface area contributed by atoms with Gasteiger partial charge in [0.1, 0.15) is 5.82 Å². The Morgan fingerprint density at radius 3 is 2.06 bits per heavy atom. The number of hydrogen-bond acceptors (Lipinski definition) is 1. The van der Waals surface area contributed by atoms with Gasteiger partial charge in [-0.15, -0.1) is 0 Å². The molecule has 94 valence electrons. The topological polar surface area (TPSA) is 26.0 Å². The van der Waals surface area contributed by atoms with E-state index in [2.05, 4.69) is 31.9 Å². The number of rotatable bonds is 2.